The van der Waals surface area contributed by atoms with Crippen LogP contribution >= 0.6 is 0 Å². The van der Waals surface area contributed by atoms with Crippen LogP contribution in [0.2, 0.25) is 0 Å². The summed E-state index contributed by atoms with van der Waals surface area (Å²) in [6, 6.07) is 25.4. The zero-order chi connectivity index (χ0) is 47.6. The van der Waals surface area contributed by atoms with Crippen LogP contribution < -0.4 is 0 Å². The van der Waals surface area contributed by atoms with Gasteiger partial charge in [0.15, 0.2) is 0 Å². The smallest absolute Gasteiger partial charge is 0.338 e. The summed E-state index contributed by atoms with van der Waals surface area (Å²) in [5.74, 6) is -1.85. The van der Waals surface area contributed by atoms with Crippen LogP contribution in [0.1, 0.15) is 73.4 Å². The first kappa shape index (κ1) is 50.0. The molecule has 4 bridgehead atoms. The van der Waals surface area contributed by atoms with E-state index in [1.54, 1.807) is 0 Å². The lowest BCUT2D eigenvalue weighted by atomic mass is 9.85. The van der Waals surface area contributed by atoms with Gasteiger partial charge in [-0.2, -0.15) is 0 Å². The molecule has 4 fully saturated rings. The van der Waals surface area contributed by atoms with E-state index in [1.807, 2.05) is 42.5 Å². The van der Waals surface area contributed by atoms with Gasteiger partial charge in [0.1, 0.15) is 0 Å². The number of carbonyl (C=O) groups excluding carboxylic acids is 6. The van der Waals surface area contributed by atoms with Gasteiger partial charge in [-0.05, 0) is 95.6 Å². The molecular formula is C57H60O9. The molecule has 2 saturated heterocycles. The zero-order valence-corrected chi connectivity index (χ0v) is 38.1. The first-order chi connectivity index (χ1) is 31.9. The van der Waals surface area contributed by atoms with Gasteiger partial charge < -0.3 is 14.2 Å². The number of fused-ring (bicyclic) bond motifs is 10. The van der Waals surface area contributed by atoms with Crippen molar-refractivity contribution >= 4 is 54.0 Å². The average molecular weight is 889 g/mol. The molecule has 0 radical (unpaired) electrons. The highest BCUT2D eigenvalue weighted by atomic mass is 16.6. The van der Waals surface area contributed by atoms with Crippen LogP contribution in [0.15, 0.2) is 153 Å². The van der Waals surface area contributed by atoms with E-state index >= 15 is 0 Å². The van der Waals surface area contributed by atoms with Crippen LogP contribution in [0.5, 0.6) is 0 Å². The van der Waals surface area contributed by atoms with Gasteiger partial charge >= 0.3 is 35.8 Å². The molecule has 9 nitrogen and oxygen atoms in total. The number of allylic oxidation sites excluding steroid dienone is 8. The third kappa shape index (κ3) is 13.5. The molecule has 9 heteroatoms. The predicted octanol–water partition coefficient (Wildman–Crippen LogP) is 10.8. The van der Waals surface area contributed by atoms with Crippen LogP contribution in [0.4, 0.5) is 0 Å². The Kier molecular flexibility index (Phi) is 18.9. The van der Waals surface area contributed by atoms with Crippen molar-refractivity contribution in [2.45, 2.75) is 59.3 Å². The fourth-order valence-electron chi connectivity index (χ4n) is 8.76. The van der Waals surface area contributed by atoms with Crippen molar-refractivity contribution in [3.05, 3.63) is 187 Å². The average Bonchev–Trinajstić information content (AvgIpc) is 4.23. The fraction of sp³-hybridized carbons (Fsp3) is 0.298. The number of ether oxygens (including phenoxy) is 3. The first-order valence-corrected chi connectivity index (χ1v) is 22.7. The van der Waals surface area contributed by atoms with Gasteiger partial charge in [0.2, 0.25) is 0 Å². The lowest BCUT2D eigenvalue weighted by Crippen LogP contribution is -2.21. The summed E-state index contributed by atoms with van der Waals surface area (Å²) in [7, 11) is 0. The minimum absolute atomic E-state index is 0.146. The quantitative estimate of drug-likeness (QED) is 0.103. The Labute approximate surface area is 389 Å². The molecule has 8 unspecified atom stereocenters. The molecule has 342 valence electrons. The van der Waals surface area contributed by atoms with E-state index in [-0.39, 0.29) is 71.2 Å². The normalized spacial score (nSPS) is 25.0. The Balaban J connectivity index is 0.000000146. The van der Waals surface area contributed by atoms with E-state index < -0.39 is 11.9 Å². The third-order valence-electron chi connectivity index (χ3n) is 12.5. The molecule has 2 saturated carbocycles. The number of carbonyl (C=O) groups is 6. The second-order valence-corrected chi connectivity index (χ2v) is 16.5. The highest BCUT2D eigenvalue weighted by Gasteiger charge is 2.58. The number of cyclic esters (lactones) is 6. The summed E-state index contributed by atoms with van der Waals surface area (Å²) >= 11 is 0. The molecule has 3 aromatic carbocycles. The summed E-state index contributed by atoms with van der Waals surface area (Å²) in [5, 5.41) is 0. The van der Waals surface area contributed by atoms with Gasteiger partial charge in [0.05, 0.1) is 23.7 Å². The van der Waals surface area contributed by atoms with E-state index in [0.29, 0.717) is 0 Å². The molecule has 66 heavy (non-hydrogen) atoms. The van der Waals surface area contributed by atoms with Gasteiger partial charge in [-0.25, -0.2) is 9.59 Å². The van der Waals surface area contributed by atoms with E-state index in [4.69, 9.17) is 0 Å². The number of hydrogen-bond donors (Lipinski definition) is 0. The molecule has 8 atom stereocenters. The minimum atomic E-state index is -0.579. The molecule has 3 heterocycles. The van der Waals surface area contributed by atoms with Crippen molar-refractivity contribution < 1.29 is 43.0 Å². The molecule has 5 aliphatic carbocycles. The Hall–Kier alpha value is -7.00. The maximum absolute atomic E-state index is 11.2. The van der Waals surface area contributed by atoms with Crippen molar-refractivity contribution in [2.75, 3.05) is 0 Å². The largest absolute Gasteiger partial charge is 0.393 e. The molecule has 3 aliphatic heterocycles. The maximum atomic E-state index is 11.2. The predicted molar refractivity (Wildman–Crippen MR) is 259 cm³/mol. The summed E-state index contributed by atoms with van der Waals surface area (Å²) in [5.41, 5.74) is 7.72. The van der Waals surface area contributed by atoms with Crippen molar-refractivity contribution in [2.24, 2.45) is 47.3 Å². The monoisotopic (exact) mass is 888 g/mol. The second-order valence-electron chi connectivity index (χ2n) is 16.5. The summed E-state index contributed by atoms with van der Waals surface area (Å²) < 4.78 is 13.2. The molecular weight excluding hydrogens is 829 g/mol. The highest BCUT2D eigenvalue weighted by Crippen LogP contribution is 2.52. The van der Waals surface area contributed by atoms with Gasteiger partial charge in [0, 0.05) is 12.2 Å². The summed E-state index contributed by atoms with van der Waals surface area (Å²) in [4.78, 5) is 64.6. The number of aryl methyl sites for hydroxylation is 3. The molecule has 3 aromatic rings. The molecule has 0 aromatic heterocycles. The third-order valence-corrected chi connectivity index (χ3v) is 12.5. The SMILES string of the molecule is C1=CCC=C1.C=Cc1ccc(CC)cc1.C=Cc1ccc(CC)cc1.C=Cc1ccc(CC)cc1.O=C1C=CC(=O)O1.O=C1OC(=O)C2C3C=CC(C3)C12.O=C1OC(=O)C2C3C=CC(C3)C12. The second kappa shape index (κ2) is 24.9. The van der Waals surface area contributed by atoms with Crippen LogP contribution in [-0.4, -0.2) is 35.8 Å². The van der Waals surface area contributed by atoms with Crippen LogP contribution in [0, 0.1) is 47.3 Å². The number of benzene rings is 3. The van der Waals surface area contributed by atoms with E-state index in [2.05, 4.69) is 152 Å². The topological polar surface area (TPSA) is 130 Å². The van der Waals surface area contributed by atoms with Crippen LogP contribution in [0.25, 0.3) is 18.2 Å². The number of rotatable bonds is 6. The van der Waals surface area contributed by atoms with E-state index in [9.17, 15) is 28.8 Å². The summed E-state index contributed by atoms with van der Waals surface area (Å²) in [6.07, 6.45) is 30.7. The van der Waals surface area contributed by atoms with E-state index in [0.717, 1.165) is 50.7 Å². The van der Waals surface area contributed by atoms with Crippen molar-refractivity contribution in [1.82, 2.24) is 0 Å². The Morgan fingerprint density at radius 3 is 0.894 bits per heavy atom. The van der Waals surface area contributed by atoms with Gasteiger partial charge in [-0.15, -0.1) is 0 Å². The standard InChI is InChI=1S/3C10H12.2C9H8O3.C5H6.C4H2O3/c3*1-3-9-5-7-10(4-2)8-6-9;2*10-8-6-4-1-2-5(3-4)7(6)9(11)12-8;1-2-4-5-3-1;5-3-1-2-4(6)7-3/h3*3,5-8H,1,4H2,2H3;2*1-2,4-7H,3H2;1-4H,5H2;1-2H. The molecule has 8 aliphatic rings. The highest BCUT2D eigenvalue weighted by molar-refractivity contribution is 6.05. The first-order valence-electron chi connectivity index (χ1n) is 22.7. The number of esters is 6. The summed E-state index contributed by atoms with van der Waals surface area (Å²) in [6.45, 7) is 17.5. The number of hydrogen-bond acceptors (Lipinski definition) is 9. The Bertz CT molecular complexity index is 2110. The van der Waals surface area contributed by atoms with Gasteiger partial charge in [0.25, 0.3) is 0 Å². The molecule has 11 rings (SSSR count). The van der Waals surface area contributed by atoms with Crippen molar-refractivity contribution in [3.8, 4) is 0 Å². The Morgan fingerprint density at radius 1 is 0.439 bits per heavy atom. The zero-order valence-electron chi connectivity index (χ0n) is 38.1. The molecule has 0 amide bonds. The van der Waals surface area contributed by atoms with Gasteiger partial charge in [-0.3, -0.25) is 19.2 Å². The maximum Gasteiger partial charge on any atom is 0.338 e. The Morgan fingerprint density at radius 2 is 0.712 bits per heavy atom. The molecule has 0 spiro atoms. The lowest BCUT2D eigenvalue weighted by molar-refractivity contribution is -0.156. The fourth-order valence-corrected chi connectivity index (χ4v) is 8.76. The lowest BCUT2D eigenvalue weighted by Gasteiger charge is -2.12. The van der Waals surface area contributed by atoms with Crippen LogP contribution in [-0.2, 0) is 62.2 Å². The van der Waals surface area contributed by atoms with E-state index in [1.165, 1.54) is 33.4 Å². The van der Waals surface area contributed by atoms with Crippen molar-refractivity contribution in [3.63, 3.8) is 0 Å². The van der Waals surface area contributed by atoms with Crippen molar-refractivity contribution in [1.29, 1.82) is 0 Å². The minimum Gasteiger partial charge on any atom is -0.393 e. The van der Waals surface area contributed by atoms with Crippen LogP contribution in [0.3, 0.4) is 0 Å². The van der Waals surface area contributed by atoms with Gasteiger partial charge in [-0.1, -0.05) is 180 Å². The molecule has 0 N–H and O–H groups in total.